The first kappa shape index (κ1) is 28.2. The van der Waals surface area contributed by atoms with Crippen LogP contribution in [0.5, 0.6) is 11.5 Å². The minimum atomic E-state index is -0.645. The number of rotatable bonds is 9. The number of carbonyl (C=O) groups excluding carboxylic acids is 2. The fourth-order valence-corrected chi connectivity index (χ4v) is 5.65. The van der Waals surface area contributed by atoms with Gasteiger partial charge in [0, 0.05) is 58.2 Å². The summed E-state index contributed by atoms with van der Waals surface area (Å²) in [5, 5.41) is 10.9. The van der Waals surface area contributed by atoms with Crippen molar-refractivity contribution in [2.24, 2.45) is 0 Å². The maximum atomic E-state index is 13.4. The monoisotopic (exact) mass is 551 g/mol. The molecular weight excluding hydrogens is 510 g/mol. The van der Waals surface area contributed by atoms with Crippen molar-refractivity contribution < 1.29 is 28.9 Å². The number of ether oxygens (including phenoxy) is 3. The highest BCUT2D eigenvalue weighted by Gasteiger charge is 2.29. The standard InChI is InChI=1S/C31H41N3O6/c1-2-3-17-39-31(37)33-14-11-26(12-15-33)40-27-8-9-28-29(19-27)38-18-16-34(30(28)36)22-25(35)21-32-13-10-23-6-4-5-7-24(23)20-32/h4-9,19,25-26,35H,2-3,10-18,20-22H2,1H3/t25-/m1/s1. The van der Waals surface area contributed by atoms with Gasteiger partial charge in [-0.15, -0.1) is 0 Å². The van der Waals surface area contributed by atoms with Gasteiger partial charge in [0.05, 0.1) is 24.8 Å². The highest BCUT2D eigenvalue weighted by atomic mass is 16.6. The van der Waals surface area contributed by atoms with Gasteiger partial charge >= 0.3 is 6.09 Å². The van der Waals surface area contributed by atoms with E-state index >= 15 is 0 Å². The highest BCUT2D eigenvalue weighted by molar-refractivity contribution is 5.97. The number of carbonyl (C=O) groups is 2. The maximum absolute atomic E-state index is 13.4. The van der Waals surface area contributed by atoms with Gasteiger partial charge in [-0.05, 0) is 36.1 Å². The van der Waals surface area contributed by atoms with Crippen molar-refractivity contribution in [1.29, 1.82) is 0 Å². The van der Waals surface area contributed by atoms with Gasteiger partial charge in [-0.25, -0.2) is 4.79 Å². The smallest absolute Gasteiger partial charge is 0.409 e. The number of aliphatic hydroxyl groups is 1. The summed E-state index contributed by atoms with van der Waals surface area (Å²) in [6.45, 7) is 6.98. The summed E-state index contributed by atoms with van der Waals surface area (Å²) in [4.78, 5) is 31.2. The molecule has 1 N–H and O–H groups in total. The average Bonchev–Trinajstić information content (AvgIpc) is 3.11. The zero-order chi connectivity index (χ0) is 27.9. The summed E-state index contributed by atoms with van der Waals surface area (Å²) in [7, 11) is 0. The molecule has 0 aromatic heterocycles. The first-order chi connectivity index (χ1) is 19.5. The van der Waals surface area contributed by atoms with E-state index in [2.05, 4.69) is 36.1 Å². The molecule has 5 rings (SSSR count). The molecule has 0 spiro atoms. The Bertz CT molecular complexity index is 1170. The molecule has 1 fully saturated rings. The van der Waals surface area contributed by atoms with E-state index in [1.54, 1.807) is 28.0 Å². The van der Waals surface area contributed by atoms with E-state index in [0.717, 1.165) is 32.4 Å². The lowest BCUT2D eigenvalue weighted by Gasteiger charge is -2.32. The summed E-state index contributed by atoms with van der Waals surface area (Å²) in [6, 6.07) is 13.8. The zero-order valence-corrected chi connectivity index (χ0v) is 23.4. The Morgan fingerprint density at radius 1 is 1.07 bits per heavy atom. The Balaban J connectivity index is 1.12. The minimum Gasteiger partial charge on any atom is -0.491 e. The molecule has 1 saturated heterocycles. The molecule has 2 amide bonds. The van der Waals surface area contributed by atoms with Gasteiger partial charge in [-0.2, -0.15) is 0 Å². The number of nitrogens with zero attached hydrogens (tertiary/aromatic N) is 3. The quantitative estimate of drug-likeness (QED) is 0.475. The summed E-state index contributed by atoms with van der Waals surface area (Å²) in [6.07, 6.45) is 3.36. The lowest BCUT2D eigenvalue weighted by Crippen LogP contribution is -2.44. The number of hydrogen-bond donors (Lipinski definition) is 1. The predicted molar refractivity (Wildman–Crippen MR) is 151 cm³/mol. The van der Waals surface area contributed by atoms with Crippen molar-refractivity contribution in [1.82, 2.24) is 14.7 Å². The number of β-amino-alcohol motifs (C(OH)–C–C–N with tert-alkyl or cyclic N) is 1. The van der Waals surface area contributed by atoms with Crippen LogP contribution in [0.2, 0.25) is 0 Å². The van der Waals surface area contributed by atoms with Gasteiger partial charge in [0.25, 0.3) is 5.91 Å². The minimum absolute atomic E-state index is 0.0207. The van der Waals surface area contributed by atoms with E-state index in [0.29, 0.717) is 69.3 Å². The van der Waals surface area contributed by atoms with Gasteiger partial charge in [-0.1, -0.05) is 37.6 Å². The molecule has 216 valence electrons. The third-order valence-corrected chi connectivity index (χ3v) is 7.93. The molecule has 0 saturated carbocycles. The van der Waals surface area contributed by atoms with Crippen molar-refractivity contribution in [3.63, 3.8) is 0 Å². The first-order valence-corrected chi connectivity index (χ1v) is 14.6. The normalized spacial score (nSPS) is 18.8. The number of amides is 2. The van der Waals surface area contributed by atoms with Crippen LogP contribution in [0.15, 0.2) is 42.5 Å². The molecule has 2 aromatic rings. The molecule has 0 radical (unpaired) electrons. The lowest BCUT2D eigenvalue weighted by molar-refractivity contribution is 0.0501. The second-order valence-electron chi connectivity index (χ2n) is 10.9. The van der Waals surface area contributed by atoms with Crippen LogP contribution in [-0.4, -0.2) is 96.5 Å². The van der Waals surface area contributed by atoms with Crippen molar-refractivity contribution in [3.8, 4) is 11.5 Å². The fourth-order valence-electron chi connectivity index (χ4n) is 5.65. The second-order valence-corrected chi connectivity index (χ2v) is 10.9. The lowest BCUT2D eigenvalue weighted by atomic mass is 10.00. The molecule has 3 heterocycles. The van der Waals surface area contributed by atoms with E-state index < -0.39 is 6.10 Å². The van der Waals surface area contributed by atoms with Crippen LogP contribution in [0.4, 0.5) is 4.79 Å². The number of piperidine rings is 1. The van der Waals surface area contributed by atoms with Crippen molar-refractivity contribution in [2.75, 3.05) is 52.5 Å². The van der Waals surface area contributed by atoms with Gasteiger partial charge in [-0.3, -0.25) is 9.69 Å². The SMILES string of the molecule is CCCCOC(=O)N1CCC(Oc2ccc3c(c2)OCCN(C[C@H](O)CN2CCc4ccccc4C2)C3=O)CC1. The molecule has 0 bridgehead atoms. The molecule has 3 aliphatic heterocycles. The Morgan fingerprint density at radius 2 is 1.88 bits per heavy atom. The van der Waals surface area contributed by atoms with Crippen LogP contribution >= 0.6 is 0 Å². The third-order valence-electron chi connectivity index (χ3n) is 7.93. The zero-order valence-electron chi connectivity index (χ0n) is 23.4. The molecule has 2 aromatic carbocycles. The average molecular weight is 552 g/mol. The molecule has 1 atom stereocenters. The Hall–Kier alpha value is -3.30. The Kier molecular flexibility index (Phi) is 9.44. The summed E-state index contributed by atoms with van der Waals surface area (Å²) in [5.41, 5.74) is 3.16. The van der Waals surface area contributed by atoms with Crippen molar-refractivity contribution >= 4 is 12.0 Å². The number of aliphatic hydroxyl groups excluding tert-OH is 1. The van der Waals surface area contributed by atoms with Gasteiger partial charge in [0.15, 0.2) is 0 Å². The molecule has 0 aliphatic carbocycles. The molecule has 9 heteroatoms. The number of unbranched alkanes of at least 4 members (excludes halogenated alkanes) is 1. The van der Waals surface area contributed by atoms with E-state index in [4.69, 9.17) is 14.2 Å². The summed E-state index contributed by atoms with van der Waals surface area (Å²) in [5.74, 6) is 1.01. The Labute approximate surface area is 236 Å². The van der Waals surface area contributed by atoms with Crippen molar-refractivity contribution in [2.45, 2.75) is 57.8 Å². The van der Waals surface area contributed by atoms with Crippen LogP contribution < -0.4 is 9.47 Å². The van der Waals surface area contributed by atoms with Crippen molar-refractivity contribution in [3.05, 3.63) is 59.2 Å². The van der Waals surface area contributed by atoms with E-state index in [1.807, 2.05) is 0 Å². The molecule has 0 unspecified atom stereocenters. The number of hydrogen-bond acceptors (Lipinski definition) is 7. The van der Waals surface area contributed by atoms with Crippen LogP contribution in [-0.2, 0) is 17.7 Å². The van der Waals surface area contributed by atoms with Gasteiger partial charge in [0.1, 0.15) is 24.2 Å². The fraction of sp³-hybridized carbons (Fsp3) is 0.548. The Morgan fingerprint density at radius 3 is 2.67 bits per heavy atom. The van der Waals surface area contributed by atoms with Gasteiger partial charge in [0.2, 0.25) is 0 Å². The topological polar surface area (TPSA) is 91.8 Å². The third kappa shape index (κ3) is 7.06. The van der Waals surface area contributed by atoms with Crippen LogP contribution in [0, 0.1) is 0 Å². The first-order valence-electron chi connectivity index (χ1n) is 14.6. The number of likely N-dealkylation sites (tertiary alicyclic amines) is 1. The van der Waals surface area contributed by atoms with Crippen LogP contribution in [0.25, 0.3) is 0 Å². The maximum Gasteiger partial charge on any atom is 0.409 e. The molecule has 40 heavy (non-hydrogen) atoms. The number of benzene rings is 2. The van der Waals surface area contributed by atoms with Crippen LogP contribution in [0.3, 0.4) is 0 Å². The largest absolute Gasteiger partial charge is 0.491 e. The number of fused-ring (bicyclic) bond motifs is 2. The van der Waals surface area contributed by atoms with E-state index in [9.17, 15) is 14.7 Å². The highest BCUT2D eigenvalue weighted by Crippen LogP contribution is 2.30. The summed E-state index contributed by atoms with van der Waals surface area (Å²) < 4.78 is 17.5. The summed E-state index contributed by atoms with van der Waals surface area (Å²) >= 11 is 0. The van der Waals surface area contributed by atoms with E-state index in [-0.39, 0.29) is 24.6 Å². The predicted octanol–water partition coefficient (Wildman–Crippen LogP) is 3.72. The molecule has 9 nitrogen and oxygen atoms in total. The molecule has 3 aliphatic rings. The second kappa shape index (κ2) is 13.4. The van der Waals surface area contributed by atoms with Crippen LogP contribution in [0.1, 0.15) is 54.1 Å². The van der Waals surface area contributed by atoms with Gasteiger partial charge < -0.3 is 29.1 Å². The van der Waals surface area contributed by atoms with E-state index in [1.165, 1.54) is 11.1 Å². The molecular formula is C31H41N3O6.